The van der Waals surface area contributed by atoms with E-state index in [0.29, 0.717) is 18.8 Å². The fourth-order valence-electron chi connectivity index (χ4n) is 1.82. The summed E-state index contributed by atoms with van der Waals surface area (Å²) < 4.78 is 0. The third-order valence-corrected chi connectivity index (χ3v) is 3.03. The van der Waals surface area contributed by atoms with E-state index < -0.39 is 5.60 Å². The number of nitrogens with two attached hydrogens (primary N) is 1. The number of rotatable bonds is 6. The molecule has 0 bridgehead atoms. The molecule has 0 saturated carbocycles. The lowest BCUT2D eigenvalue weighted by Gasteiger charge is -2.28. The minimum atomic E-state index is -0.852. The third kappa shape index (κ3) is 7.67. The first-order valence-corrected chi connectivity index (χ1v) is 6.69. The number of carbonyl (C=O) groups excluding carboxylic acids is 1. The van der Waals surface area contributed by atoms with Crippen molar-refractivity contribution in [3.8, 4) is 0 Å². The fourth-order valence-corrected chi connectivity index (χ4v) is 1.82. The molecule has 0 saturated heterocycles. The minimum Gasteiger partial charge on any atom is -0.388 e. The van der Waals surface area contributed by atoms with Crippen LogP contribution in [0.4, 0.5) is 0 Å². The van der Waals surface area contributed by atoms with Crippen molar-refractivity contribution >= 4 is 5.91 Å². The van der Waals surface area contributed by atoms with Gasteiger partial charge in [-0.3, -0.25) is 4.79 Å². The van der Waals surface area contributed by atoms with E-state index in [4.69, 9.17) is 5.73 Å². The van der Waals surface area contributed by atoms with Gasteiger partial charge in [0, 0.05) is 19.0 Å². The van der Waals surface area contributed by atoms with Crippen molar-refractivity contribution in [2.75, 3.05) is 6.54 Å². The maximum atomic E-state index is 11.7. The van der Waals surface area contributed by atoms with Crippen molar-refractivity contribution in [2.45, 2.75) is 66.0 Å². The zero-order valence-electron chi connectivity index (χ0n) is 12.7. The van der Waals surface area contributed by atoms with E-state index in [-0.39, 0.29) is 23.9 Å². The molecule has 2 unspecified atom stereocenters. The van der Waals surface area contributed by atoms with E-state index in [9.17, 15) is 9.90 Å². The molecule has 0 fully saturated rings. The Balaban J connectivity index is 4.12. The standard InChI is InChI=1S/C14H30N2O2/c1-10(2)8-14(6,18)9-16-12(17)7-11(15)13(3,4)5/h10-11,18H,7-9,15H2,1-6H3,(H,16,17). The summed E-state index contributed by atoms with van der Waals surface area (Å²) in [4.78, 5) is 11.7. The second kappa shape index (κ2) is 6.53. The van der Waals surface area contributed by atoms with E-state index in [2.05, 4.69) is 5.32 Å². The molecule has 4 nitrogen and oxygen atoms in total. The maximum Gasteiger partial charge on any atom is 0.221 e. The van der Waals surface area contributed by atoms with Crippen molar-refractivity contribution in [3.05, 3.63) is 0 Å². The van der Waals surface area contributed by atoms with Gasteiger partial charge in [0.1, 0.15) is 0 Å². The summed E-state index contributed by atoms with van der Waals surface area (Å²) in [6.07, 6.45) is 0.958. The maximum absolute atomic E-state index is 11.7. The van der Waals surface area contributed by atoms with Gasteiger partial charge in [-0.25, -0.2) is 0 Å². The molecule has 18 heavy (non-hydrogen) atoms. The van der Waals surface area contributed by atoms with Crippen molar-refractivity contribution in [2.24, 2.45) is 17.1 Å². The summed E-state index contributed by atoms with van der Waals surface area (Å²) in [6, 6.07) is -0.174. The summed E-state index contributed by atoms with van der Waals surface area (Å²) in [6.45, 7) is 12.2. The molecular weight excluding hydrogens is 228 g/mol. The predicted molar refractivity (Wildman–Crippen MR) is 75.1 cm³/mol. The first-order valence-electron chi connectivity index (χ1n) is 6.69. The van der Waals surface area contributed by atoms with Crippen LogP contribution in [-0.2, 0) is 4.79 Å². The summed E-state index contributed by atoms with van der Waals surface area (Å²) in [5.41, 5.74) is 5.01. The first kappa shape index (κ1) is 17.4. The van der Waals surface area contributed by atoms with Crippen LogP contribution < -0.4 is 11.1 Å². The number of aliphatic hydroxyl groups is 1. The third-order valence-electron chi connectivity index (χ3n) is 3.03. The molecule has 0 aromatic rings. The van der Waals surface area contributed by atoms with Gasteiger partial charge in [-0.05, 0) is 24.7 Å². The van der Waals surface area contributed by atoms with Gasteiger partial charge in [0.05, 0.1) is 5.60 Å². The van der Waals surface area contributed by atoms with Crippen molar-refractivity contribution in [1.29, 1.82) is 0 Å². The van der Waals surface area contributed by atoms with Gasteiger partial charge in [-0.2, -0.15) is 0 Å². The summed E-state index contributed by atoms with van der Waals surface area (Å²) in [5, 5.41) is 12.8. The normalized spacial score (nSPS) is 17.4. The Hall–Kier alpha value is -0.610. The van der Waals surface area contributed by atoms with Crippen LogP contribution in [0.2, 0.25) is 0 Å². The highest BCUT2D eigenvalue weighted by Crippen LogP contribution is 2.20. The Kier molecular flexibility index (Phi) is 6.30. The molecule has 4 N–H and O–H groups in total. The Morgan fingerprint density at radius 1 is 1.28 bits per heavy atom. The number of carbonyl (C=O) groups is 1. The molecule has 108 valence electrons. The van der Waals surface area contributed by atoms with Crippen LogP contribution in [0.25, 0.3) is 0 Å². The van der Waals surface area contributed by atoms with E-state index in [1.54, 1.807) is 6.92 Å². The van der Waals surface area contributed by atoms with Crippen LogP contribution in [0.1, 0.15) is 54.4 Å². The van der Waals surface area contributed by atoms with Crippen molar-refractivity contribution < 1.29 is 9.90 Å². The highest BCUT2D eigenvalue weighted by atomic mass is 16.3. The van der Waals surface area contributed by atoms with E-state index in [1.165, 1.54) is 0 Å². The second-order valence-corrected chi connectivity index (χ2v) is 7.05. The van der Waals surface area contributed by atoms with Gasteiger partial charge in [0.15, 0.2) is 0 Å². The largest absolute Gasteiger partial charge is 0.388 e. The summed E-state index contributed by atoms with van der Waals surface area (Å²) in [7, 11) is 0. The van der Waals surface area contributed by atoms with Gasteiger partial charge >= 0.3 is 0 Å². The molecule has 0 aromatic carbocycles. The van der Waals surface area contributed by atoms with Crippen LogP contribution in [-0.4, -0.2) is 29.2 Å². The van der Waals surface area contributed by atoms with Crippen LogP contribution in [0.5, 0.6) is 0 Å². The summed E-state index contributed by atoms with van der Waals surface area (Å²) in [5.74, 6) is 0.301. The Morgan fingerprint density at radius 2 is 1.78 bits per heavy atom. The van der Waals surface area contributed by atoms with E-state index in [0.717, 1.165) is 0 Å². The highest BCUT2D eigenvalue weighted by Gasteiger charge is 2.25. The van der Waals surface area contributed by atoms with Gasteiger partial charge < -0.3 is 16.2 Å². The SMILES string of the molecule is CC(C)CC(C)(O)CNC(=O)CC(N)C(C)(C)C. The van der Waals surface area contributed by atoms with Crippen LogP contribution in [0.15, 0.2) is 0 Å². The summed E-state index contributed by atoms with van der Waals surface area (Å²) >= 11 is 0. The Labute approximate surface area is 111 Å². The minimum absolute atomic E-state index is 0.0855. The van der Waals surface area contributed by atoms with E-state index in [1.807, 2.05) is 34.6 Å². The molecule has 2 atom stereocenters. The van der Waals surface area contributed by atoms with Crippen LogP contribution >= 0.6 is 0 Å². The quantitative estimate of drug-likeness (QED) is 0.678. The van der Waals surface area contributed by atoms with Gasteiger partial charge in [-0.15, -0.1) is 0 Å². The molecular formula is C14H30N2O2. The zero-order valence-corrected chi connectivity index (χ0v) is 12.7. The van der Waals surface area contributed by atoms with Crippen LogP contribution in [0, 0.1) is 11.3 Å². The molecule has 0 aromatic heterocycles. The van der Waals surface area contributed by atoms with Gasteiger partial charge in [0.25, 0.3) is 0 Å². The van der Waals surface area contributed by atoms with E-state index >= 15 is 0 Å². The van der Waals surface area contributed by atoms with Gasteiger partial charge in [-0.1, -0.05) is 34.6 Å². The number of nitrogens with one attached hydrogen (secondary N) is 1. The smallest absolute Gasteiger partial charge is 0.221 e. The number of amides is 1. The highest BCUT2D eigenvalue weighted by molar-refractivity contribution is 5.76. The van der Waals surface area contributed by atoms with Gasteiger partial charge in [0.2, 0.25) is 5.91 Å². The molecule has 1 amide bonds. The van der Waals surface area contributed by atoms with Crippen molar-refractivity contribution in [3.63, 3.8) is 0 Å². The fraction of sp³-hybridized carbons (Fsp3) is 0.929. The lowest BCUT2D eigenvalue weighted by atomic mass is 9.85. The Bertz CT molecular complexity index is 267. The molecule has 4 heteroatoms. The molecule has 0 aliphatic heterocycles. The topological polar surface area (TPSA) is 75.3 Å². The second-order valence-electron chi connectivity index (χ2n) is 7.05. The molecule has 0 radical (unpaired) electrons. The molecule has 0 aliphatic rings. The Morgan fingerprint density at radius 3 is 2.17 bits per heavy atom. The molecule has 0 rings (SSSR count). The lowest BCUT2D eigenvalue weighted by molar-refractivity contribution is -0.123. The predicted octanol–water partition coefficient (Wildman–Crippen LogP) is 1.66. The monoisotopic (exact) mass is 258 g/mol. The van der Waals surface area contributed by atoms with Crippen LogP contribution in [0.3, 0.4) is 0 Å². The number of hydrogen-bond acceptors (Lipinski definition) is 3. The molecule has 0 aliphatic carbocycles. The molecule has 0 heterocycles. The number of hydrogen-bond donors (Lipinski definition) is 3. The average molecular weight is 258 g/mol. The lowest BCUT2D eigenvalue weighted by Crippen LogP contribution is -2.45. The van der Waals surface area contributed by atoms with Crippen molar-refractivity contribution in [1.82, 2.24) is 5.32 Å². The average Bonchev–Trinajstić information content (AvgIpc) is 2.11. The molecule has 0 spiro atoms. The first-order chi connectivity index (χ1) is 7.94. The zero-order chi connectivity index (χ0) is 14.6.